The monoisotopic (exact) mass is 635 g/mol. The molecule has 40 heavy (non-hydrogen) atoms. The van der Waals surface area contributed by atoms with Gasteiger partial charge in [0.15, 0.2) is 11.5 Å². The molecule has 0 bridgehead atoms. The number of aromatic amines is 1. The molecule has 0 radical (unpaired) electrons. The normalized spacial score (nSPS) is 11.1. The molecule has 0 fully saturated rings. The molecule has 10 heteroatoms. The minimum Gasteiger partial charge on any atom is -0.493 e. The Morgan fingerprint density at radius 3 is 2.42 bits per heavy atom. The van der Waals surface area contributed by atoms with Crippen LogP contribution in [0.1, 0.15) is 26.4 Å². The van der Waals surface area contributed by atoms with Crippen molar-refractivity contribution in [3.63, 3.8) is 0 Å². The van der Waals surface area contributed by atoms with Crippen molar-refractivity contribution in [2.75, 3.05) is 7.11 Å². The van der Waals surface area contributed by atoms with Crippen LogP contribution in [0.2, 0.25) is 10.0 Å². The second-order valence-electron chi connectivity index (χ2n) is 8.53. The van der Waals surface area contributed by atoms with Crippen LogP contribution in [0.25, 0.3) is 22.0 Å². The van der Waals surface area contributed by atoms with Crippen molar-refractivity contribution in [2.45, 2.75) is 0 Å². The van der Waals surface area contributed by atoms with E-state index in [-0.39, 0.29) is 16.3 Å². The van der Waals surface area contributed by atoms with E-state index in [1.807, 2.05) is 36.4 Å². The Morgan fingerprint density at radius 1 is 0.925 bits per heavy atom. The molecule has 1 heterocycles. The maximum atomic E-state index is 13.3. The first-order chi connectivity index (χ1) is 19.4. The lowest BCUT2D eigenvalue weighted by Gasteiger charge is -2.10. The van der Waals surface area contributed by atoms with Crippen molar-refractivity contribution >= 4 is 68.1 Å². The van der Waals surface area contributed by atoms with Crippen LogP contribution in [0.15, 0.2) is 94.5 Å². The first-order valence-corrected chi connectivity index (χ1v) is 13.4. The lowest BCUT2D eigenvalue weighted by molar-refractivity contribution is 0.0729. The van der Waals surface area contributed by atoms with E-state index in [1.54, 1.807) is 48.5 Å². The van der Waals surface area contributed by atoms with Crippen LogP contribution in [0, 0.1) is 0 Å². The van der Waals surface area contributed by atoms with E-state index in [1.165, 1.54) is 13.3 Å². The number of fused-ring (bicyclic) bond motifs is 1. The maximum Gasteiger partial charge on any atom is 0.345 e. The predicted molar refractivity (Wildman–Crippen MR) is 161 cm³/mol. The number of carbonyl (C=O) groups is 2. The van der Waals surface area contributed by atoms with E-state index in [2.05, 4.69) is 31.4 Å². The van der Waals surface area contributed by atoms with Gasteiger partial charge in [-0.15, -0.1) is 0 Å². The van der Waals surface area contributed by atoms with Crippen LogP contribution in [0.5, 0.6) is 11.5 Å². The molecule has 0 atom stereocenters. The molecule has 0 spiro atoms. The summed E-state index contributed by atoms with van der Waals surface area (Å²) in [4.78, 5) is 29.0. The summed E-state index contributed by atoms with van der Waals surface area (Å²) in [5, 5.41) is 5.68. The number of hydrogen-bond donors (Lipinski definition) is 2. The summed E-state index contributed by atoms with van der Waals surface area (Å²) < 4.78 is 11.7. The molecule has 200 valence electrons. The van der Waals surface area contributed by atoms with E-state index in [0.29, 0.717) is 33.1 Å². The maximum absolute atomic E-state index is 13.3. The van der Waals surface area contributed by atoms with E-state index in [0.717, 1.165) is 15.4 Å². The molecule has 0 saturated carbocycles. The second-order valence-corrected chi connectivity index (χ2v) is 10.3. The minimum atomic E-state index is -0.614. The Labute approximate surface area is 247 Å². The highest BCUT2D eigenvalue weighted by molar-refractivity contribution is 9.10. The smallest absolute Gasteiger partial charge is 0.345 e. The van der Waals surface area contributed by atoms with Gasteiger partial charge in [0.25, 0.3) is 5.91 Å². The zero-order valence-electron chi connectivity index (χ0n) is 20.9. The lowest BCUT2D eigenvalue weighted by atomic mass is 10.0. The van der Waals surface area contributed by atoms with Crippen LogP contribution >= 0.6 is 39.1 Å². The summed E-state index contributed by atoms with van der Waals surface area (Å²) in [7, 11) is 1.45. The van der Waals surface area contributed by atoms with Gasteiger partial charge >= 0.3 is 5.97 Å². The number of nitrogens with one attached hydrogen (secondary N) is 2. The van der Waals surface area contributed by atoms with Crippen molar-refractivity contribution in [1.82, 2.24) is 10.4 Å². The van der Waals surface area contributed by atoms with Crippen LogP contribution in [-0.2, 0) is 0 Å². The fourth-order valence-corrected chi connectivity index (χ4v) is 5.22. The van der Waals surface area contributed by atoms with Crippen LogP contribution in [0.3, 0.4) is 0 Å². The van der Waals surface area contributed by atoms with Crippen LogP contribution in [-0.4, -0.2) is 30.2 Å². The number of halogens is 3. The Morgan fingerprint density at radius 2 is 1.68 bits per heavy atom. The summed E-state index contributed by atoms with van der Waals surface area (Å²) in [5.74, 6) is -0.548. The SMILES string of the molecule is COc1cc(C=NNC(=O)c2[nH]c3c(Cl)cc(Br)cc3c2-c2ccccc2)ccc1OC(=O)c1ccccc1Cl. The molecule has 5 rings (SSSR count). The number of rotatable bonds is 7. The Balaban J connectivity index is 1.37. The van der Waals surface area contributed by atoms with Gasteiger partial charge in [-0.2, -0.15) is 5.10 Å². The average Bonchev–Trinajstić information content (AvgIpc) is 3.34. The largest absolute Gasteiger partial charge is 0.493 e. The molecule has 7 nitrogen and oxygen atoms in total. The molecule has 0 aliphatic heterocycles. The summed E-state index contributed by atoms with van der Waals surface area (Å²) >= 11 is 16.0. The van der Waals surface area contributed by atoms with Gasteiger partial charge in [0.2, 0.25) is 0 Å². The number of aromatic nitrogens is 1. The lowest BCUT2D eigenvalue weighted by Crippen LogP contribution is -2.18. The second kappa shape index (κ2) is 12.0. The third-order valence-electron chi connectivity index (χ3n) is 5.98. The van der Waals surface area contributed by atoms with Gasteiger partial charge in [0, 0.05) is 15.4 Å². The number of methoxy groups -OCH3 is 1. The topological polar surface area (TPSA) is 92.8 Å². The number of H-pyrrole nitrogens is 1. The predicted octanol–water partition coefficient (Wildman–Crippen LogP) is 7.90. The minimum absolute atomic E-state index is 0.210. The van der Waals surface area contributed by atoms with Crippen molar-refractivity contribution in [3.8, 4) is 22.6 Å². The molecule has 0 aliphatic carbocycles. The molecule has 0 unspecified atom stereocenters. The standard InChI is InChI=1S/C30H20BrCl2N3O4/c1-39-25-13-17(11-12-24(25)40-30(38)20-9-5-6-10-22(20)32)16-34-36-29(37)28-26(18-7-3-2-4-8-18)21-14-19(31)15-23(33)27(21)35-28/h2-16,35H,1H3,(H,36,37). The molecule has 4 aromatic carbocycles. The van der Waals surface area contributed by atoms with Gasteiger partial charge in [-0.25, -0.2) is 10.2 Å². The van der Waals surface area contributed by atoms with E-state index < -0.39 is 11.9 Å². The number of amides is 1. The van der Waals surface area contributed by atoms with Crippen molar-refractivity contribution in [3.05, 3.63) is 116 Å². The molecular weight excluding hydrogens is 617 g/mol. The summed E-state index contributed by atoms with van der Waals surface area (Å²) in [6.07, 6.45) is 1.45. The molecule has 0 aliphatic rings. The quantitative estimate of drug-likeness (QED) is 0.0822. The van der Waals surface area contributed by atoms with Gasteiger partial charge in [0.1, 0.15) is 5.69 Å². The van der Waals surface area contributed by atoms with E-state index in [4.69, 9.17) is 32.7 Å². The van der Waals surface area contributed by atoms with Crippen molar-refractivity contribution in [1.29, 1.82) is 0 Å². The van der Waals surface area contributed by atoms with Gasteiger partial charge in [0.05, 0.1) is 34.4 Å². The number of esters is 1. The highest BCUT2D eigenvalue weighted by atomic mass is 79.9. The van der Waals surface area contributed by atoms with Gasteiger partial charge in [-0.3, -0.25) is 4.79 Å². The molecule has 5 aromatic rings. The first-order valence-electron chi connectivity index (χ1n) is 11.9. The zero-order valence-corrected chi connectivity index (χ0v) is 24.0. The fourth-order valence-electron chi connectivity index (χ4n) is 4.15. The van der Waals surface area contributed by atoms with Crippen LogP contribution in [0.4, 0.5) is 0 Å². The number of nitrogens with zero attached hydrogens (tertiary/aromatic N) is 1. The highest BCUT2D eigenvalue weighted by Crippen LogP contribution is 2.37. The van der Waals surface area contributed by atoms with Gasteiger partial charge in [-0.1, -0.05) is 81.6 Å². The first kappa shape index (κ1) is 27.5. The summed E-state index contributed by atoms with van der Waals surface area (Å²) in [6.45, 7) is 0. The number of benzene rings is 4. The molecule has 0 saturated heterocycles. The van der Waals surface area contributed by atoms with Crippen molar-refractivity contribution < 1.29 is 19.1 Å². The molecule has 2 N–H and O–H groups in total. The van der Waals surface area contributed by atoms with Crippen LogP contribution < -0.4 is 14.9 Å². The van der Waals surface area contributed by atoms with E-state index in [9.17, 15) is 9.59 Å². The third kappa shape index (κ3) is 5.74. The summed E-state index contributed by atoms with van der Waals surface area (Å²) in [6, 6.07) is 24.7. The molecule has 1 amide bonds. The highest BCUT2D eigenvalue weighted by Gasteiger charge is 2.21. The Kier molecular flexibility index (Phi) is 8.21. The molecule has 1 aromatic heterocycles. The number of hydrogen-bond acceptors (Lipinski definition) is 5. The Bertz CT molecular complexity index is 1770. The number of hydrazone groups is 1. The van der Waals surface area contributed by atoms with Gasteiger partial charge in [-0.05, 0) is 53.6 Å². The van der Waals surface area contributed by atoms with E-state index >= 15 is 0 Å². The zero-order chi connectivity index (χ0) is 28.2. The fraction of sp³-hybridized carbons (Fsp3) is 0.0333. The van der Waals surface area contributed by atoms with Gasteiger partial charge < -0.3 is 14.5 Å². The number of ether oxygens (including phenoxy) is 2. The number of carbonyl (C=O) groups excluding carboxylic acids is 2. The summed E-state index contributed by atoms with van der Waals surface area (Å²) in [5.41, 5.74) is 5.92. The Hall–Kier alpha value is -4.11. The molecular formula is C30H20BrCl2N3O4. The van der Waals surface area contributed by atoms with Crippen molar-refractivity contribution in [2.24, 2.45) is 5.10 Å². The third-order valence-corrected chi connectivity index (χ3v) is 7.06. The average molecular weight is 637 g/mol.